The van der Waals surface area contributed by atoms with Crippen LogP contribution in [-0.4, -0.2) is 55.2 Å². The molecule has 2 unspecified atom stereocenters. The molecule has 2 amide bonds. The van der Waals surface area contributed by atoms with Crippen molar-refractivity contribution >= 4 is 29.1 Å². The Kier molecular flexibility index (Phi) is 5.34. The predicted molar refractivity (Wildman–Crippen MR) is 92.3 cm³/mol. The van der Waals surface area contributed by atoms with E-state index < -0.39 is 11.8 Å². The molecule has 2 aliphatic rings. The van der Waals surface area contributed by atoms with Crippen LogP contribution in [0, 0.1) is 0 Å². The summed E-state index contributed by atoms with van der Waals surface area (Å²) in [5.41, 5.74) is 0.318. The summed E-state index contributed by atoms with van der Waals surface area (Å²) in [5.74, 6) is -0.316. The van der Waals surface area contributed by atoms with Crippen LogP contribution in [0.15, 0.2) is 12.1 Å². The van der Waals surface area contributed by atoms with Crippen LogP contribution in [0.3, 0.4) is 0 Å². The van der Waals surface area contributed by atoms with Gasteiger partial charge in [-0.3, -0.25) is 9.59 Å². The molecule has 25 heavy (non-hydrogen) atoms. The molecule has 1 N–H and O–H groups in total. The Balaban J connectivity index is 1.72. The van der Waals surface area contributed by atoms with Gasteiger partial charge in [0.05, 0.1) is 36.1 Å². The maximum Gasteiger partial charge on any atom is 0.313 e. The molecule has 0 spiro atoms. The van der Waals surface area contributed by atoms with E-state index in [9.17, 15) is 9.59 Å². The van der Waals surface area contributed by atoms with E-state index in [4.69, 9.17) is 25.8 Å². The van der Waals surface area contributed by atoms with Crippen molar-refractivity contribution in [3.05, 3.63) is 17.2 Å². The zero-order chi connectivity index (χ0) is 18.0. The number of morpholine rings is 1. The van der Waals surface area contributed by atoms with Crippen LogP contribution in [0.25, 0.3) is 0 Å². The van der Waals surface area contributed by atoms with Gasteiger partial charge in [-0.15, -0.1) is 0 Å². The van der Waals surface area contributed by atoms with Gasteiger partial charge in [-0.05, 0) is 13.8 Å². The fourth-order valence-electron chi connectivity index (χ4n) is 2.94. The highest BCUT2D eigenvalue weighted by Crippen LogP contribution is 2.37. The van der Waals surface area contributed by atoms with Crippen molar-refractivity contribution in [2.45, 2.75) is 32.5 Å². The standard InChI is InChI=1S/C17H21ClN2O5/c1-10-8-20(9-11(2)25-10)17(22)16(21)19-13-7-15-14(6-12(13)18)23-4-3-5-24-15/h6-7,10-11H,3-5,8-9H2,1-2H3,(H,19,21). The maximum atomic E-state index is 12.4. The quantitative estimate of drug-likeness (QED) is 0.768. The highest BCUT2D eigenvalue weighted by molar-refractivity contribution is 6.41. The summed E-state index contributed by atoms with van der Waals surface area (Å²) >= 11 is 6.20. The molecule has 1 saturated heterocycles. The van der Waals surface area contributed by atoms with Crippen molar-refractivity contribution in [2.75, 3.05) is 31.6 Å². The lowest BCUT2D eigenvalue weighted by molar-refractivity contribution is -0.151. The van der Waals surface area contributed by atoms with Crippen molar-refractivity contribution in [3.8, 4) is 11.5 Å². The van der Waals surface area contributed by atoms with Gasteiger partial charge < -0.3 is 24.4 Å². The molecule has 2 atom stereocenters. The second-order valence-electron chi connectivity index (χ2n) is 6.25. The van der Waals surface area contributed by atoms with E-state index in [0.29, 0.717) is 43.5 Å². The first-order valence-corrected chi connectivity index (χ1v) is 8.66. The van der Waals surface area contributed by atoms with E-state index in [1.54, 1.807) is 12.1 Å². The Hall–Kier alpha value is -1.99. The molecular weight excluding hydrogens is 348 g/mol. The maximum absolute atomic E-state index is 12.4. The lowest BCUT2D eigenvalue weighted by atomic mass is 10.2. The van der Waals surface area contributed by atoms with Gasteiger partial charge in [0.15, 0.2) is 11.5 Å². The van der Waals surface area contributed by atoms with Crippen molar-refractivity contribution in [1.29, 1.82) is 0 Å². The summed E-state index contributed by atoms with van der Waals surface area (Å²) < 4.78 is 16.7. The molecule has 2 heterocycles. The second-order valence-corrected chi connectivity index (χ2v) is 6.66. The summed E-state index contributed by atoms with van der Waals surface area (Å²) in [7, 11) is 0. The zero-order valence-corrected chi connectivity index (χ0v) is 15.0. The van der Waals surface area contributed by atoms with Gasteiger partial charge in [-0.25, -0.2) is 0 Å². The number of ether oxygens (including phenoxy) is 3. The number of nitrogens with one attached hydrogen (secondary N) is 1. The van der Waals surface area contributed by atoms with Gasteiger partial charge in [0.1, 0.15) is 0 Å². The number of hydrogen-bond donors (Lipinski definition) is 1. The number of nitrogens with zero attached hydrogens (tertiary/aromatic N) is 1. The predicted octanol–water partition coefficient (Wildman–Crippen LogP) is 2.08. The van der Waals surface area contributed by atoms with Crippen molar-refractivity contribution in [3.63, 3.8) is 0 Å². The monoisotopic (exact) mass is 368 g/mol. The number of benzene rings is 1. The number of rotatable bonds is 1. The molecule has 0 aliphatic carbocycles. The van der Waals surface area contributed by atoms with E-state index in [1.807, 2.05) is 13.8 Å². The lowest BCUT2D eigenvalue weighted by Crippen LogP contribution is -2.51. The Labute approximate surface area is 151 Å². The normalized spacial score (nSPS) is 22.9. The molecule has 8 heteroatoms. The van der Waals surface area contributed by atoms with Crippen molar-refractivity contribution in [1.82, 2.24) is 4.90 Å². The molecule has 1 aromatic rings. The fraction of sp³-hybridized carbons (Fsp3) is 0.529. The van der Waals surface area contributed by atoms with E-state index in [0.717, 1.165) is 6.42 Å². The first-order chi connectivity index (χ1) is 11.9. The number of anilines is 1. The average molecular weight is 369 g/mol. The van der Waals surface area contributed by atoms with Crippen molar-refractivity contribution < 1.29 is 23.8 Å². The Morgan fingerprint density at radius 2 is 1.72 bits per heavy atom. The summed E-state index contributed by atoms with van der Waals surface area (Å²) in [6.45, 7) is 5.56. The summed E-state index contributed by atoms with van der Waals surface area (Å²) in [6, 6.07) is 3.17. The van der Waals surface area contributed by atoms with E-state index in [1.165, 1.54) is 4.90 Å². The van der Waals surface area contributed by atoms with Gasteiger partial charge in [0, 0.05) is 31.6 Å². The third-order valence-corrected chi connectivity index (χ3v) is 4.30. The number of fused-ring (bicyclic) bond motifs is 1. The molecule has 136 valence electrons. The molecule has 3 rings (SSSR count). The highest BCUT2D eigenvalue weighted by Gasteiger charge is 2.30. The van der Waals surface area contributed by atoms with E-state index in [2.05, 4.69) is 5.32 Å². The smallest absolute Gasteiger partial charge is 0.313 e. The van der Waals surface area contributed by atoms with Crippen LogP contribution < -0.4 is 14.8 Å². The first kappa shape index (κ1) is 17.8. The minimum atomic E-state index is -0.738. The highest BCUT2D eigenvalue weighted by atomic mass is 35.5. The topological polar surface area (TPSA) is 77.1 Å². The van der Waals surface area contributed by atoms with Crippen LogP contribution >= 0.6 is 11.6 Å². The molecule has 0 saturated carbocycles. The van der Waals surface area contributed by atoms with Gasteiger partial charge >= 0.3 is 11.8 Å². The Bertz CT molecular complexity index is 671. The van der Waals surface area contributed by atoms with Crippen molar-refractivity contribution in [2.24, 2.45) is 0 Å². The van der Waals surface area contributed by atoms with Crippen LogP contribution in [0.2, 0.25) is 5.02 Å². The molecule has 1 fully saturated rings. The number of carbonyl (C=O) groups is 2. The molecule has 0 radical (unpaired) electrons. The molecule has 2 aliphatic heterocycles. The van der Waals surface area contributed by atoms with Gasteiger partial charge in [-0.2, -0.15) is 0 Å². The average Bonchev–Trinajstić information content (AvgIpc) is 2.78. The molecule has 1 aromatic carbocycles. The lowest BCUT2D eigenvalue weighted by Gasteiger charge is -2.34. The summed E-state index contributed by atoms with van der Waals surface area (Å²) in [6.07, 6.45) is 0.545. The molecular formula is C17H21ClN2O5. The van der Waals surface area contributed by atoms with Gasteiger partial charge in [0.2, 0.25) is 0 Å². The molecule has 7 nitrogen and oxygen atoms in total. The van der Waals surface area contributed by atoms with E-state index >= 15 is 0 Å². The molecule has 0 bridgehead atoms. The van der Waals surface area contributed by atoms with Crippen LogP contribution in [0.5, 0.6) is 11.5 Å². The van der Waals surface area contributed by atoms with E-state index in [-0.39, 0.29) is 17.2 Å². The number of amides is 2. The number of halogens is 1. The zero-order valence-electron chi connectivity index (χ0n) is 14.2. The summed E-state index contributed by atoms with van der Waals surface area (Å²) in [5, 5.41) is 2.86. The van der Waals surface area contributed by atoms with Crippen LogP contribution in [0.1, 0.15) is 20.3 Å². The van der Waals surface area contributed by atoms with Gasteiger partial charge in [-0.1, -0.05) is 11.6 Å². The van der Waals surface area contributed by atoms with Crippen LogP contribution in [-0.2, 0) is 14.3 Å². The fourth-order valence-corrected chi connectivity index (χ4v) is 3.14. The third kappa shape index (κ3) is 4.16. The minimum absolute atomic E-state index is 0.109. The number of hydrogen-bond acceptors (Lipinski definition) is 5. The Morgan fingerprint density at radius 3 is 2.36 bits per heavy atom. The SMILES string of the molecule is CC1CN(C(=O)C(=O)Nc2cc3c(cc2Cl)OCCCO3)CC(C)O1. The molecule has 0 aromatic heterocycles. The third-order valence-electron chi connectivity index (χ3n) is 3.99. The first-order valence-electron chi connectivity index (χ1n) is 8.29. The minimum Gasteiger partial charge on any atom is -0.490 e. The largest absolute Gasteiger partial charge is 0.490 e. The van der Waals surface area contributed by atoms with Gasteiger partial charge in [0.25, 0.3) is 0 Å². The Morgan fingerprint density at radius 1 is 1.12 bits per heavy atom. The summed E-state index contributed by atoms with van der Waals surface area (Å²) in [4.78, 5) is 26.2. The van der Waals surface area contributed by atoms with Crippen LogP contribution in [0.4, 0.5) is 5.69 Å². The number of carbonyl (C=O) groups excluding carboxylic acids is 2. The second kappa shape index (κ2) is 7.49.